The second kappa shape index (κ2) is 9.74. The van der Waals surface area contributed by atoms with Gasteiger partial charge in [-0.25, -0.2) is 0 Å². The minimum atomic E-state index is 0.170. The van der Waals surface area contributed by atoms with Crippen molar-refractivity contribution in [1.82, 2.24) is 5.32 Å². The summed E-state index contributed by atoms with van der Waals surface area (Å²) < 4.78 is 11.4. The fourth-order valence-electron chi connectivity index (χ4n) is 2.24. The van der Waals surface area contributed by atoms with Gasteiger partial charge in [-0.05, 0) is 31.2 Å². The first-order chi connectivity index (χ1) is 11.7. The van der Waals surface area contributed by atoms with Crippen LogP contribution >= 0.6 is 23.2 Å². The van der Waals surface area contributed by atoms with Crippen LogP contribution in [0.3, 0.4) is 0 Å². The number of hydrogen-bond donors (Lipinski definition) is 2. The lowest BCUT2D eigenvalue weighted by Gasteiger charge is -2.16. The third-order valence-corrected chi connectivity index (χ3v) is 4.08. The molecule has 130 valence electrons. The van der Waals surface area contributed by atoms with Crippen molar-refractivity contribution in [3.8, 4) is 11.5 Å². The van der Waals surface area contributed by atoms with Crippen LogP contribution in [-0.2, 0) is 13.2 Å². The Morgan fingerprint density at radius 1 is 1.12 bits per heavy atom. The minimum Gasteiger partial charge on any atom is -0.493 e. The maximum Gasteiger partial charge on any atom is 0.166 e. The van der Waals surface area contributed by atoms with E-state index in [2.05, 4.69) is 5.32 Å². The van der Waals surface area contributed by atoms with Gasteiger partial charge in [-0.15, -0.1) is 0 Å². The van der Waals surface area contributed by atoms with Crippen LogP contribution in [0.2, 0.25) is 10.0 Å². The van der Waals surface area contributed by atoms with Crippen molar-refractivity contribution in [3.05, 3.63) is 57.6 Å². The summed E-state index contributed by atoms with van der Waals surface area (Å²) in [5.74, 6) is 1.35. The highest BCUT2D eigenvalue weighted by molar-refractivity contribution is 6.35. The van der Waals surface area contributed by atoms with Crippen LogP contribution in [-0.4, -0.2) is 25.4 Å². The van der Waals surface area contributed by atoms with Crippen LogP contribution in [0.15, 0.2) is 36.4 Å². The van der Waals surface area contributed by atoms with E-state index in [9.17, 15) is 0 Å². The number of aliphatic hydroxyl groups is 1. The predicted molar refractivity (Wildman–Crippen MR) is 97.2 cm³/mol. The van der Waals surface area contributed by atoms with Crippen molar-refractivity contribution in [2.45, 2.75) is 19.6 Å². The Kier molecular flexibility index (Phi) is 7.66. The van der Waals surface area contributed by atoms with Gasteiger partial charge in [0.15, 0.2) is 11.5 Å². The summed E-state index contributed by atoms with van der Waals surface area (Å²) in [6, 6.07) is 11.1. The van der Waals surface area contributed by atoms with E-state index < -0.39 is 0 Å². The van der Waals surface area contributed by atoms with E-state index in [0.29, 0.717) is 41.1 Å². The summed E-state index contributed by atoms with van der Waals surface area (Å²) in [7, 11) is 1.61. The normalized spacial score (nSPS) is 10.7. The molecule has 0 aliphatic carbocycles. The maximum atomic E-state index is 8.85. The van der Waals surface area contributed by atoms with E-state index in [1.807, 2.05) is 24.3 Å². The summed E-state index contributed by atoms with van der Waals surface area (Å²) in [6.07, 6.45) is 0.709. The Hall–Kier alpha value is -1.46. The molecule has 0 amide bonds. The number of methoxy groups -OCH3 is 1. The lowest BCUT2D eigenvalue weighted by atomic mass is 10.1. The quantitative estimate of drug-likeness (QED) is 0.654. The first kappa shape index (κ1) is 18.9. The Morgan fingerprint density at radius 3 is 2.67 bits per heavy atom. The Morgan fingerprint density at radius 2 is 1.96 bits per heavy atom. The molecule has 24 heavy (non-hydrogen) atoms. The molecule has 0 saturated carbocycles. The van der Waals surface area contributed by atoms with Crippen LogP contribution in [0, 0.1) is 0 Å². The molecule has 0 saturated heterocycles. The second-order valence-corrected chi connectivity index (χ2v) is 6.07. The molecule has 0 atom stereocenters. The first-order valence-corrected chi connectivity index (χ1v) is 8.45. The summed E-state index contributed by atoms with van der Waals surface area (Å²) in [5, 5.41) is 13.3. The van der Waals surface area contributed by atoms with Gasteiger partial charge in [0.25, 0.3) is 0 Å². The summed E-state index contributed by atoms with van der Waals surface area (Å²) in [6.45, 7) is 1.85. The number of aliphatic hydroxyl groups excluding tert-OH is 1. The standard InChI is InChI=1S/C18H21Cl2NO3/c1-23-17-5-2-4-13(11-21-8-3-9-22)18(17)24-12-14-6-7-15(19)10-16(14)20/h2,4-7,10,21-22H,3,8-9,11-12H2,1H3. The molecule has 2 rings (SSSR count). The fraction of sp³-hybridized carbons (Fsp3) is 0.333. The van der Waals surface area contributed by atoms with E-state index in [1.165, 1.54) is 0 Å². The largest absolute Gasteiger partial charge is 0.493 e. The molecular formula is C18H21Cl2NO3. The monoisotopic (exact) mass is 369 g/mol. The molecule has 2 N–H and O–H groups in total. The lowest BCUT2D eigenvalue weighted by Crippen LogP contribution is -2.16. The number of para-hydroxylation sites is 1. The molecule has 0 aromatic heterocycles. The maximum absolute atomic E-state index is 8.85. The topological polar surface area (TPSA) is 50.7 Å². The fourth-order valence-corrected chi connectivity index (χ4v) is 2.70. The molecule has 0 bridgehead atoms. The van der Waals surface area contributed by atoms with Gasteiger partial charge in [-0.3, -0.25) is 0 Å². The number of hydrogen-bond acceptors (Lipinski definition) is 4. The van der Waals surface area contributed by atoms with Crippen molar-refractivity contribution in [2.75, 3.05) is 20.3 Å². The Labute approximate surface area is 152 Å². The van der Waals surface area contributed by atoms with E-state index in [0.717, 1.165) is 17.7 Å². The molecule has 0 spiro atoms. The van der Waals surface area contributed by atoms with Crippen molar-refractivity contribution >= 4 is 23.2 Å². The van der Waals surface area contributed by atoms with Crippen LogP contribution in [0.1, 0.15) is 17.5 Å². The highest BCUT2D eigenvalue weighted by atomic mass is 35.5. The van der Waals surface area contributed by atoms with E-state index in [1.54, 1.807) is 19.2 Å². The SMILES string of the molecule is COc1cccc(CNCCCO)c1OCc1ccc(Cl)cc1Cl. The zero-order chi connectivity index (χ0) is 17.4. The molecule has 0 fully saturated rings. The summed E-state index contributed by atoms with van der Waals surface area (Å²) in [5.41, 5.74) is 1.84. The molecule has 0 unspecified atom stereocenters. The molecule has 0 aliphatic rings. The smallest absolute Gasteiger partial charge is 0.166 e. The molecule has 2 aromatic carbocycles. The molecule has 0 heterocycles. The van der Waals surface area contributed by atoms with Crippen molar-refractivity contribution in [2.24, 2.45) is 0 Å². The van der Waals surface area contributed by atoms with Gasteiger partial charge in [0.1, 0.15) is 6.61 Å². The average molecular weight is 370 g/mol. The van der Waals surface area contributed by atoms with Crippen molar-refractivity contribution in [3.63, 3.8) is 0 Å². The Balaban J connectivity index is 2.11. The third-order valence-electron chi connectivity index (χ3n) is 3.49. The van der Waals surface area contributed by atoms with Crippen molar-refractivity contribution < 1.29 is 14.6 Å². The highest BCUT2D eigenvalue weighted by Crippen LogP contribution is 2.32. The van der Waals surface area contributed by atoms with Gasteiger partial charge in [-0.2, -0.15) is 0 Å². The minimum absolute atomic E-state index is 0.170. The van der Waals surface area contributed by atoms with Crippen LogP contribution in [0.5, 0.6) is 11.5 Å². The molecular weight excluding hydrogens is 349 g/mol. The number of nitrogens with one attached hydrogen (secondary N) is 1. The molecule has 0 radical (unpaired) electrons. The van der Waals surface area contributed by atoms with E-state index >= 15 is 0 Å². The van der Waals surface area contributed by atoms with Gasteiger partial charge in [-0.1, -0.05) is 41.4 Å². The average Bonchev–Trinajstić information content (AvgIpc) is 2.58. The number of rotatable bonds is 9. The van der Waals surface area contributed by atoms with Crippen LogP contribution in [0.25, 0.3) is 0 Å². The Bertz CT molecular complexity index is 665. The summed E-state index contributed by atoms with van der Waals surface area (Å²) in [4.78, 5) is 0. The number of ether oxygens (including phenoxy) is 2. The molecule has 6 heteroatoms. The van der Waals surface area contributed by atoms with Gasteiger partial charge in [0.2, 0.25) is 0 Å². The zero-order valence-electron chi connectivity index (χ0n) is 13.5. The molecule has 4 nitrogen and oxygen atoms in total. The molecule has 2 aromatic rings. The van der Waals surface area contributed by atoms with Gasteiger partial charge in [0.05, 0.1) is 7.11 Å². The van der Waals surface area contributed by atoms with Crippen LogP contribution < -0.4 is 14.8 Å². The predicted octanol–water partition coefficient (Wildman–Crippen LogP) is 4.05. The van der Waals surface area contributed by atoms with Gasteiger partial charge < -0.3 is 19.9 Å². The second-order valence-electron chi connectivity index (χ2n) is 5.23. The van der Waals surface area contributed by atoms with E-state index in [4.69, 9.17) is 37.8 Å². The van der Waals surface area contributed by atoms with Crippen LogP contribution in [0.4, 0.5) is 0 Å². The number of halogens is 2. The lowest BCUT2D eigenvalue weighted by molar-refractivity contribution is 0.278. The van der Waals surface area contributed by atoms with Gasteiger partial charge in [0, 0.05) is 34.3 Å². The first-order valence-electron chi connectivity index (χ1n) is 7.70. The third kappa shape index (κ3) is 5.28. The molecule has 0 aliphatic heterocycles. The highest BCUT2D eigenvalue weighted by Gasteiger charge is 2.12. The van der Waals surface area contributed by atoms with Crippen molar-refractivity contribution in [1.29, 1.82) is 0 Å². The number of benzene rings is 2. The zero-order valence-corrected chi connectivity index (χ0v) is 15.0. The van der Waals surface area contributed by atoms with Gasteiger partial charge >= 0.3 is 0 Å². The van der Waals surface area contributed by atoms with E-state index in [-0.39, 0.29) is 6.61 Å². The summed E-state index contributed by atoms with van der Waals surface area (Å²) >= 11 is 12.1.